The molecule has 0 saturated heterocycles. The van der Waals surface area contributed by atoms with Crippen molar-refractivity contribution >= 4 is 17.3 Å². The van der Waals surface area contributed by atoms with E-state index in [2.05, 4.69) is 24.5 Å². The van der Waals surface area contributed by atoms with Crippen LogP contribution in [-0.4, -0.2) is 19.1 Å². The van der Waals surface area contributed by atoms with E-state index in [1.807, 2.05) is 55.5 Å². The largest absolute Gasteiger partial charge is 0.491 e. The molecule has 2 N–H and O–H groups in total. The minimum absolute atomic E-state index is 0.0903. The van der Waals surface area contributed by atoms with Crippen LogP contribution in [0.5, 0.6) is 5.75 Å². The van der Waals surface area contributed by atoms with Crippen molar-refractivity contribution < 1.29 is 9.53 Å². The van der Waals surface area contributed by atoms with Gasteiger partial charge in [0, 0.05) is 5.69 Å². The van der Waals surface area contributed by atoms with E-state index in [0.29, 0.717) is 12.5 Å². The van der Waals surface area contributed by atoms with Gasteiger partial charge < -0.3 is 15.4 Å². The third-order valence-electron chi connectivity index (χ3n) is 3.23. The average molecular weight is 312 g/mol. The van der Waals surface area contributed by atoms with Crippen LogP contribution < -0.4 is 15.4 Å². The van der Waals surface area contributed by atoms with E-state index in [1.165, 1.54) is 0 Å². The molecule has 0 aliphatic heterocycles. The first-order chi connectivity index (χ1) is 11.0. The van der Waals surface area contributed by atoms with Gasteiger partial charge in [-0.25, -0.2) is 0 Å². The summed E-state index contributed by atoms with van der Waals surface area (Å²) in [6.45, 7) is 7.06. The van der Waals surface area contributed by atoms with Crippen LogP contribution in [0.1, 0.15) is 19.4 Å². The zero-order valence-corrected chi connectivity index (χ0v) is 13.9. The number of nitrogens with one attached hydrogen (secondary N) is 2. The highest BCUT2D eigenvalue weighted by atomic mass is 16.5. The van der Waals surface area contributed by atoms with Crippen molar-refractivity contribution in [3.05, 3.63) is 54.1 Å². The molecule has 0 atom stereocenters. The Kier molecular flexibility index (Phi) is 6.03. The molecule has 0 spiro atoms. The Bertz CT molecular complexity index is 636. The Hall–Kier alpha value is -2.49. The summed E-state index contributed by atoms with van der Waals surface area (Å²) >= 11 is 0. The predicted molar refractivity (Wildman–Crippen MR) is 95.1 cm³/mol. The fourth-order valence-electron chi connectivity index (χ4n) is 2.01. The molecule has 0 unspecified atom stereocenters. The summed E-state index contributed by atoms with van der Waals surface area (Å²) in [5.41, 5.74) is 2.79. The van der Waals surface area contributed by atoms with E-state index < -0.39 is 0 Å². The number of amides is 1. The quantitative estimate of drug-likeness (QED) is 0.810. The van der Waals surface area contributed by atoms with Crippen LogP contribution in [0, 0.1) is 12.8 Å². The van der Waals surface area contributed by atoms with Gasteiger partial charge in [0.15, 0.2) is 0 Å². The number of rotatable bonds is 7. The SMILES string of the molecule is Cc1ccc(NC(=O)CNc2ccccc2OCC(C)C)cc1. The van der Waals surface area contributed by atoms with Gasteiger partial charge in [0.2, 0.25) is 5.91 Å². The molecule has 0 radical (unpaired) electrons. The second-order valence-electron chi connectivity index (χ2n) is 5.97. The van der Waals surface area contributed by atoms with E-state index in [4.69, 9.17) is 4.74 Å². The molecule has 0 aliphatic carbocycles. The van der Waals surface area contributed by atoms with Crippen LogP contribution in [0.3, 0.4) is 0 Å². The van der Waals surface area contributed by atoms with Crippen molar-refractivity contribution in [3.8, 4) is 5.75 Å². The molecule has 0 saturated carbocycles. The molecule has 0 fully saturated rings. The van der Waals surface area contributed by atoms with Gasteiger partial charge in [0.25, 0.3) is 0 Å². The summed E-state index contributed by atoms with van der Waals surface area (Å²) in [4.78, 5) is 12.0. The lowest BCUT2D eigenvalue weighted by Gasteiger charge is -2.14. The number of benzene rings is 2. The molecule has 23 heavy (non-hydrogen) atoms. The summed E-state index contributed by atoms with van der Waals surface area (Å²) in [6.07, 6.45) is 0. The van der Waals surface area contributed by atoms with Crippen molar-refractivity contribution in [3.63, 3.8) is 0 Å². The number of anilines is 2. The standard InChI is InChI=1S/C19H24N2O2/c1-14(2)13-23-18-7-5-4-6-17(18)20-12-19(22)21-16-10-8-15(3)9-11-16/h4-11,14,20H,12-13H2,1-3H3,(H,21,22). The minimum Gasteiger partial charge on any atom is -0.491 e. The molecule has 4 nitrogen and oxygen atoms in total. The average Bonchev–Trinajstić information content (AvgIpc) is 2.54. The molecule has 0 aliphatic rings. The summed E-state index contributed by atoms with van der Waals surface area (Å²) in [7, 11) is 0. The zero-order valence-electron chi connectivity index (χ0n) is 13.9. The molecule has 2 aromatic rings. The lowest BCUT2D eigenvalue weighted by molar-refractivity contribution is -0.114. The molecule has 0 aromatic heterocycles. The molecule has 122 valence electrons. The van der Waals surface area contributed by atoms with Gasteiger partial charge in [-0.1, -0.05) is 43.7 Å². The Morgan fingerprint density at radius 1 is 1.09 bits per heavy atom. The highest BCUT2D eigenvalue weighted by Crippen LogP contribution is 2.24. The van der Waals surface area contributed by atoms with Crippen LogP contribution in [0.15, 0.2) is 48.5 Å². The fraction of sp³-hybridized carbons (Fsp3) is 0.316. The lowest BCUT2D eigenvalue weighted by Crippen LogP contribution is -2.22. The van der Waals surface area contributed by atoms with Gasteiger partial charge in [-0.3, -0.25) is 4.79 Å². The first kappa shape index (κ1) is 16.9. The van der Waals surface area contributed by atoms with Gasteiger partial charge in [0.05, 0.1) is 18.8 Å². The lowest BCUT2D eigenvalue weighted by atomic mass is 10.2. The number of hydrogen-bond donors (Lipinski definition) is 2. The number of aryl methyl sites for hydroxylation is 1. The molecule has 4 heteroatoms. The van der Waals surface area contributed by atoms with Crippen LogP contribution in [0.2, 0.25) is 0 Å². The summed E-state index contributed by atoms with van der Waals surface area (Å²) < 4.78 is 5.77. The van der Waals surface area contributed by atoms with E-state index in [1.54, 1.807) is 0 Å². The highest BCUT2D eigenvalue weighted by molar-refractivity contribution is 5.93. The first-order valence-electron chi connectivity index (χ1n) is 7.87. The maximum atomic E-state index is 12.0. The van der Waals surface area contributed by atoms with Crippen molar-refractivity contribution in [2.45, 2.75) is 20.8 Å². The number of ether oxygens (including phenoxy) is 1. The third kappa shape index (κ3) is 5.66. The normalized spacial score (nSPS) is 10.4. The molecular formula is C19H24N2O2. The third-order valence-corrected chi connectivity index (χ3v) is 3.23. The van der Waals surface area contributed by atoms with Gasteiger partial charge in [-0.2, -0.15) is 0 Å². The van der Waals surface area contributed by atoms with E-state index in [0.717, 1.165) is 22.7 Å². The van der Waals surface area contributed by atoms with Gasteiger partial charge in [0.1, 0.15) is 5.75 Å². The van der Waals surface area contributed by atoms with Gasteiger partial charge in [-0.05, 0) is 37.1 Å². The monoisotopic (exact) mass is 312 g/mol. The summed E-state index contributed by atoms with van der Waals surface area (Å²) in [5.74, 6) is 1.13. The topological polar surface area (TPSA) is 50.4 Å². The summed E-state index contributed by atoms with van der Waals surface area (Å²) in [6, 6.07) is 15.4. The first-order valence-corrected chi connectivity index (χ1v) is 7.87. The Balaban J connectivity index is 1.89. The molecule has 2 rings (SSSR count). The van der Waals surface area contributed by atoms with E-state index in [9.17, 15) is 4.79 Å². The maximum absolute atomic E-state index is 12.0. The van der Waals surface area contributed by atoms with Crippen LogP contribution >= 0.6 is 0 Å². The molecule has 1 amide bonds. The molecule has 0 bridgehead atoms. The summed E-state index contributed by atoms with van der Waals surface area (Å²) in [5, 5.41) is 6.00. The second-order valence-corrected chi connectivity index (χ2v) is 5.97. The fourth-order valence-corrected chi connectivity index (χ4v) is 2.01. The Labute approximate surface area is 137 Å². The van der Waals surface area contributed by atoms with Crippen molar-refractivity contribution in [2.75, 3.05) is 23.8 Å². The van der Waals surface area contributed by atoms with E-state index >= 15 is 0 Å². The predicted octanol–water partition coefficient (Wildman–Crippen LogP) is 4.08. The number of para-hydroxylation sites is 2. The van der Waals surface area contributed by atoms with Crippen LogP contribution in [-0.2, 0) is 4.79 Å². The van der Waals surface area contributed by atoms with Crippen molar-refractivity contribution in [2.24, 2.45) is 5.92 Å². The molecule has 0 heterocycles. The second kappa shape index (κ2) is 8.22. The zero-order chi connectivity index (χ0) is 16.7. The smallest absolute Gasteiger partial charge is 0.243 e. The highest BCUT2D eigenvalue weighted by Gasteiger charge is 2.07. The van der Waals surface area contributed by atoms with Crippen LogP contribution in [0.4, 0.5) is 11.4 Å². The number of carbonyl (C=O) groups excluding carboxylic acids is 1. The molecular weight excluding hydrogens is 288 g/mol. The maximum Gasteiger partial charge on any atom is 0.243 e. The van der Waals surface area contributed by atoms with Gasteiger partial charge >= 0.3 is 0 Å². The van der Waals surface area contributed by atoms with Gasteiger partial charge in [-0.15, -0.1) is 0 Å². The Morgan fingerprint density at radius 2 is 1.78 bits per heavy atom. The van der Waals surface area contributed by atoms with Crippen LogP contribution in [0.25, 0.3) is 0 Å². The van der Waals surface area contributed by atoms with Crippen molar-refractivity contribution in [1.29, 1.82) is 0 Å². The van der Waals surface area contributed by atoms with Crippen molar-refractivity contribution in [1.82, 2.24) is 0 Å². The minimum atomic E-state index is -0.0903. The van der Waals surface area contributed by atoms with E-state index in [-0.39, 0.29) is 12.5 Å². The number of carbonyl (C=O) groups is 1. The number of hydrogen-bond acceptors (Lipinski definition) is 3. The molecule has 2 aromatic carbocycles. The Morgan fingerprint density at radius 3 is 2.48 bits per heavy atom.